The van der Waals surface area contributed by atoms with E-state index in [1.807, 2.05) is 41.8 Å². The molecule has 0 unspecified atom stereocenters. The number of hydrogen-bond acceptors (Lipinski definition) is 4. The molecule has 16 heavy (non-hydrogen) atoms. The third-order valence-electron chi connectivity index (χ3n) is 2.43. The van der Waals surface area contributed by atoms with Crippen molar-refractivity contribution < 1.29 is 0 Å². The maximum Gasteiger partial charge on any atom is 0.179 e. The van der Waals surface area contributed by atoms with Gasteiger partial charge in [-0.15, -0.1) is 21.5 Å². The Bertz CT molecular complexity index is 639. The van der Waals surface area contributed by atoms with Gasteiger partial charge < -0.3 is 0 Å². The average molecular weight is 230 g/mol. The predicted molar refractivity (Wildman–Crippen MR) is 63.6 cm³/mol. The first-order valence-corrected chi connectivity index (χ1v) is 5.87. The van der Waals surface area contributed by atoms with Crippen molar-refractivity contribution in [2.24, 2.45) is 0 Å². The normalized spacial score (nSPS) is 11.1. The zero-order valence-electron chi connectivity index (χ0n) is 9.01. The first-order valence-electron chi connectivity index (χ1n) is 4.99. The van der Waals surface area contributed by atoms with Gasteiger partial charge in [-0.1, -0.05) is 6.07 Å². The standard InChI is InChI=1S/C11H10N4S/c1-7-6-10-13-14-11(9-4-3-5-16-9)15(10)8(2)12-7/h3-6H,1-2H3. The lowest BCUT2D eigenvalue weighted by molar-refractivity contribution is 0.964. The van der Waals surface area contributed by atoms with Crippen LogP contribution < -0.4 is 0 Å². The van der Waals surface area contributed by atoms with Crippen LogP contribution in [0, 0.1) is 13.8 Å². The molecule has 3 aromatic heterocycles. The van der Waals surface area contributed by atoms with Gasteiger partial charge in [-0.3, -0.25) is 4.40 Å². The molecule has 0 fully saturated rings. The summed E-state index contributed by atoms with van der Waals surface area (Å²) < 4.78 is 1.98. The summed E-state index contributed by atoms with van der Waals surface area (Å²) in [4.78, 5) is 5.54. The van der Waals surface area contributed by atoms with Gasteiger partial charge in [0.1, 0.15) is 5.82 Å². The Hall–Kier alpha value is -1.75. The van der Waals surface area contributed by atoms with E-state index in [9.17, 15) is 0 Å². The van der Waals surface area contributed by atoms with Gasteiger partial charge in [0.15, 0.2) is 11.5 Å². The molecule has 0 aliphatic rings. The predicted octanol–water partition coefficient (Wildman–Crippen LogP) is 2.47. The van der Waals surface area contributed by atoms with Crippen LogP contribution >= 0.6 is 11.3 Å². The topological polar surface area (TPSA) is 43.1 Å². The lowest BCUT2D eigenvalue weighted by Crippen LogP contribution is -1.98. The fourth-order valence-corrected chi connectivity index (χ4v) is 2.50. The van der Waals surface area contributed by atoms with Gasteiger partial charge in [0.25, 0.3) is 0 Å². The first kappa shape index (κ1) is 9.47. The maximum atomic E-state index is 4.43. The van der Waals surface area contributed by atoms with Gasteiger partial charge in [-0.2, -0.15) is 0 Å². The van der Waals surface area contributed by atoms with Gasteiger partial charge >= 0.3 is 0 Å². The van der Waals surface area contributed by atoms with E-state index in [4.69, 9.17) is 0 Å². The van der Waals surface area contributed by atoms with Crippen LogP contribution in [-0.4, -0.2) is 19.6 Å². The third-order valence-corrected chi connectivity index (χ3v) is 3.30. The highest BCUT2D eigenvalue weighted by Crippen LogP contribution is 2.24. The molecule has 0 aromatic carbocycles. The van der Waals surface area contributed by atoms with Crippen molar-refractivity contribution in [3.05, 3.63) is 35.1 Å². The van der Waals surface area contributed by atoms with E-state index in [2.05, 4.69) is 15.2 Å². The van der Waals surface area contributed by atoms with Gasteiger partial charge in [0, 0.05) is 11.8 Å². The zero-order valence-corrected chi connectivity index (χ0v) is 9.82. The van der Waals surface area contributed by atoms with Gasteiger partial charge in [0.2, 0.25) is 0 Å². The van der Waals surface area contributed by atoms with E-state index in [1.165, 1.54) is 0 Å². The van der Waals surface area contributed by atoms with E-state index in [1.54, 1.807) is 11.3 Å². The van der Waals surface area contributed by atoms with Crippen LogP contribution in [0.2, 0.25) is 0 Å². The van der Waals surface area contributed by atoms with Crippen LogP contribution in [-0.2, 0) is 0 Å². The summed E-state index contributed by atoms with van der Waals surface area (Å²) in [5, 5.41) is 10.4. The average Bonchev–Trinajstić information content (AvgIpc) is 2.82. The van der Waals surface area contributed by atoms with E-state index in [0.29, 0.717) is 0 Å². The fourth-order valence-electron chi connectivity index (χ4n) is 1.80. The number of aromatic nitrogens is 4. The third kappa shape index (κ3) is 1.32. The highest BCUT2D eigenvalue weighted by atomic mass is 32.1. The molecule has 5 heteroatoms. The van der Waals surface area contributed by atoms with Crippen molar-refractivity contribution in [1.29, 1.82) is 0 Å². The number of hydrogen-bond donors (Lipinski definition) is 0. The molecule has 3 rings (SSSR count). The molecule has 0 spiro atoms. The Labute approximate surface area is 96.6 Å². The Morgan fingerprint density at radius 2 is 2.12 bits per heavy atom. The molecule has 80 valence electrons. The Kier molecular flexibility index (Phi) is 2.00. The fraction of sp³-hybridized carbons (Fsp3) is 0.182. The number of thiophene rings is 1. The molecule has 0 N–H and O–H groups in total. The maximum absolute atomic E-state index is 4.43. The molecule has 3 heterocycles. The van der Waals surface area contributed by atoms with Crippen LogP contribution in [0.15, 0.2) is 23.6 Å². The summed E-state index contributed by atoms with van der Waals surface area (Å²) in [7, 11) is 0. The zero-order chi connectivity index (χ0) is 11.1. The monoisotopic (exact) mass is 230 g/mol. The van der Waals surface area contributed by atoms with Crippen LogP contribution in [0.1, 0.15) is 11.5 Å². The minimum absolute atomic E-state index is 0.855. The van der Waals surface area contributed by atoms with Crippen LogP contribution in [0.3, 0.4) is 0 Å². The van der Waals surface area contributed by atoms with Gasteiger partial charge in [-0.25, -0.2) is 4.98 Å². The molecule has 0 saturated heterocycles. The minimum Gasteiger partial charge on any atom is -0.262 e. The van der Waals surface area contributed by atoms with Crippen molar-refractivity contribution in [1.82, 2.24) is 19.6 Å². The smallest absolute Gasteiger partial charge is 0.179 e. The SMILES string of the molecule is Cc1cc2nnc(-c3cccs3)n2c(C)n1. The number of fused-ring (bicyclic) bond motifs is 1. The summed E-state index contributed by atoms with van der Waals surface area (Å²) in [6.45, 7) is 3.94. The van der Waals surface area contributed by atoms with Crippen LogP contribution in [0.25, 0.3) is 16.3 Å². The van der Waals surface area contributed by atoms with Crippen molar-refractivity contribution in [2.45, 2.75) is 13.8 Å². The Morgan fingerprint density at radius 1 is 1.25 bits per heavy atom. The van der Waals surface area contributed by atoms with Crippen molar-refractivity contribution in [3.63, 3.8) is 0 Å². The quantitative estimate of drug-likeness (QED) is 0.645. The van der Waals surface area contributed by atoms with E-state index >= 15 is 0 Å². The number of nitrogens with zero attached hydrogens (tertiary/aromatic N) is 4. The molecular formula is C11H10N4S. The molecule has 0 bridgehead atoms. The summed E-state index contributed by atoms with van der Waals surface area (Å²) in [5.41, 5.74) is 1.82. The second-order valence-electron chi connectivity index (χ2n) is 3.64. The summed E-state index contributed by atoms with van der Waals surface area (Å²) in [6, 6.07) is 6.00. The second kappa shape index (κ2) is 3.38. The molecule has 0 saturated carbocycles. The van der Waals surface area contributed by atoms with Crippen LogP contribution in [0.5, 0.6) is 0 Å². The lowest BCUT2D eigenvalue weighted by Gasteiger charge is -2.02. The second-order valence-corrected chi connectivity index (χ2v) is 4.59. The van der Waals surface area contributed by atoms with Crippen molar-refractivity contribution in [2.75, 3.05) is 0 Å². The first-order chi connectivity index (χ1) is 7.75. The van der Waals surface area contributed by atoms with E-state index < -0.39 is 0 Å². The van der Waals surface area contributed by atoms with Gasteiger partial charge in [-0.05, 0) is 25.3 Å². The van der Waals surface area contributed by atoms with Gasteiger partial charge in [0.05, 0.1) is 4.88 Å². The van der Waals surface area contributed by atoms with Crippen molar-refractivity contribution in [3.8, 4) is 10.7 Å². The summed E-state index contributed by atoms with van der Waals surface area (Å²) in [5.74, 6) is 1.79. The van der Waals surface area contributed by atoms with Crippen molar-refractivity contribution >= 4 is 17.0 Å². The highest BCUT2D eigenvalue weighted by molar-refractivity contribution is 7.13. The van der Waals surface area contributed by atoms with E-state index in [-0.39, 0.29) is 0 Å². The number of rotatable bonds is 1. The molecule has 0 aliphatic heterocycles. The highest BCUT2D eigenvalue weighted by Gasteiger charge is 2.11. The molecule has 4 nitrogen and oxygen atoms in total. The number of aryl methyl sites for hydroxylation is 2. The molecule has 0 amide bonds. The molecule has 3 aromatic rings. The lowest BCUT2D eigenvalue weighted by atomic mass is 10.4. The Balaban J connectivity index is 2.36. The van der Waals surface area contributed by atoms with E-state index in [0.717, 1.165) is 27.9 Å². The molecule has 0 atom stereocenters. The minimum atomic E-state index is 0.855. The Morgan fingerprint density at radius 3 is 2.88 bits per heavy atom. The summed E-state index contributed by atoms with van der Waals surface area (Å²) in [6.07, 6.45) is 0. The molecule has 0 aliphatic carbocycles. The largest absolute Gasteiger partial charge is 0.262 e. The van der Waals surface area contributed by atoms with Crippen LogP contribution in [0.4, 0.5) is 0 Å². The molecular weight excluding hydrogens is 220 g/mol. The summed E-state index contributed by atoms with van der Waals surface area (Å²) >= 11 is 1.66. The molecule has 0 radical (unpaired) electrons.